The van der Waals surface area contributed by atoms with Crippen molar-refractivity contribution in [2.45, 2.75) is 52.5 Å². The summed E-state index contributed by atoms with van der Waals surface area (Å²) in [5.41, 5.74) is -0.274. The summed E-state index contributed by atoms with van der Waals surface area (Å²) in [6.07, 6.45) is 2.43. The fourth-order valence-corrected chi connectivity index (χ4v) is 1.50. The standard InChI is InChI=1S/C11H21NO3/c1-5-11(6-2,7-3)12-9(13)10(14)15-8-4/h5-8H2,1-4H3,(H,12,13). The summed E-state index contributed by atoms with van der Waals surface area (Å²) in [5, 5.41) is 2.75. The first-order valence-corrected chi connectivity index (χ1v) is 5.54. The predicted octanol–water partition coefficient (Wildman–Crippen LogP) is 1.63. The van der Waals surface area contributed by atoms with Crippen LogP contribution in [0.5, 0.6) is 0 Å². The Balaban J connectivity index is 4.41. The minimum Gasteiger partial charge on any atom is -0.459 e. The third-order valence-electron chi connectivity index (χ3n) is 2.87. The van der Waals surface area contributed by atoms with Crippen molar-refractivity contribution in [2.75, 3.05) is 6.61 Å². The monoisotopic (exact) mass is 215 g/mol. The first-order chi connectivity index (χ1) is 7.05. The van der Waals surface area contributed by atoms with E-state index in [9.17, 15) is 9.59 Å². The zero-order valence-corrected chi connectivity index (χ0v) is 10.1. The molecule has 88 valence electrons. The Morgan fingerprint density at radius 1 is 1.07 bits per heavy atom. The molecule has 1 amide bonds. The van der Waals surface area contributed by atoms with Gasteiger partial charge in [-0.05, 0) is 26.2 Å². The number of ether oxygens (including phenoxy) is 1. The Hall–Kier alpha value is -1.06. The van der Waals surface area contributed by atoms with Gasteiger partial charge in [-0.1, -0.05) is 20.8 Å². The number of hydrogen-bond donors (Lipinski definition) is 1. The van der Waals surface area contributed by atoms with E-state index in [4.69, 9.17) is 0 Å². The Morgan fingerprint density at radius 3 is 1.87 bits per heavy atom. The minimum atomic E-state index is -0.794. The van der Waals surface area contributed by atoms with Crippen LogP contribution in [0.15, 0.2) is 0 Å². The second-order valence-electron chi connectivity index (χ2n) is 3.52. The molecule has 0 saturated carbocycles. The summed E-state index contributed by atoms with van der Waals surface area (Å²) < 4.78 is 4.63. The lowest BCUT2D eigenvalue weighted by atomic mass is 9.90. The molecule has 4 nitrogen and oxygen atoms in total. The van der Waals surface area contributed by atoms with Gasteiger partial charge in [0.1, 0.15) is 0 Å². The van der Waals surface area contributed by atoms with E-state index in [0.29, 0.717) is 0 Å². The average Bonchev–Trinajstić information content (AvgIpc) is 2.26. The summed E-state index contributed by atoms with van der Waals surface area (Å²) in [5.74, 6) is -1.43. The summed E-state index contributed by atoms with van der Waals surface area (Å²) in [6, 6.07) is 0. The molecule has 15 heavy (non-hydrogen) atoms. The van der Waals surface area contributed by atoms with Crippen molar-refractivity contribution in [2.24, 2.45) is 0 Å². The molecule has 0 heterocycles. The smallest absolute Gasteiger partial charge is 0.396 e. The molecule has 0 aromatic heterocycles. The van der Waals surface area contributed by atoms with Gasteiger partial charge >= 0.3 is 11.9 Å². The van der Waals surface area contributed by atoms with E-state index < -0.39 is 11.9 Å². The summed E-state index contributed by atoms with van der Waals surface area (Å²) >= 11 is 0. The van der Waals surface area contributed by atoms with Crippen LogP contribution in [0.25, 0.3) is 0 Å². The van der Waals surface area contributed by atoms with Gasteiger partial charge in [0.2, 0.25) is 0 Å². The fourth-order valence-electron chi connectivity index (χ4n) is 1.50. The van der Waals surface area contributed by atoms with E-state index in [0.717, 1.165) is 19.3 Å². The molecule has 0 spiro atoms. The molecule has 0 aliphatic rings. The highest BCUT2D eigenvalue weighted by atomic mass is 16.5. The highest BCUT2D eigenvalue weighted by Crippen LogP contribution is 2.18. The van der Waals surface area contributed by atoms with Crippen molar-refractivity contribution >= 4 is 11.9 Å². The maximum atomic E-state index is 11.4. The molecule has 0 atom stereocenters. The van der Waals surface area contributed by atoms with Crippen LogP contribution in [0, 0.1) is 0 Å². The van der Waals surface area contributed by atoms with Crippen LogP contribution in [-0.4, -0.2) is 24.0 Å². The lowest BCUT2D eigenvalue weighted by Gasteiger charge is -2.31. The minimum absolute atomic E-state index is 0.226. The molecule has 0 unspecified atom stereocenters. The largest absolute Gasteiger partial charge is 0.459 e. The van der Waals surface area contributed by atoms with Gasteiger partial charge in [-0.15, -0.1) is 0 Å². The number of hydrogen-bond acceptors (Lipinski definition) is 3. The lowest BCUT2D eigenvalue weighted by Crippen LogP contribution is -2.50. The quantitative estimate of drug-likeness (QED) is 0.560. The highest BCUT2D eigenvalue weighted by Gasteiger charge is 2.29. The van der Waals surface area contributed by atoms with E-state index in [1.807, 2.05) is 20.8 Å². The molecular formula is C11H21NO3. The van der Waals surface area contributed by atoms with Crippen LogP contribution in [-0.2, 0) is 14.3 Å². The lowest BCUT2D eigenvalue weighted by molar-refractivity contribution is -0.155. The van der Waals surface area contributed by atoms with Crippen LogP contribution in [0.4, 0.5) is 0 Å². The van der Waals surface area contributed by atoms with E-state index >= 15 is 0 Å². The Morgan fingerprint density at radius 2 is 1.53 bits per heavy atom. The molecule has 0 aliphatic heterocycles. The van der Waals surface area contributed by atoms with E-state index in [-0.39, 0.29) is 12.1 Å². The molecule has 0 radical (unpaired) electrons. The molecule has 4 heteroatoms. The molecule has 0 bridgehead atoms. The van der Waals surface area contributed by atoms with Crippen LogP contribution >= 0.6 is 0 Å². The maximum absolute atomic E-state index is 11.4. The van der Waals surface area contributed by atoms with Crippen LogP contribution < -0.4 is 5.32 Å². The van der Waals surface area contributed by atoms with Gasteiger partial charge in [-0.3, -0.25) is 4.79 Å². The van der Waals surface area contributed by atoms with Crippen molar-refractivity contribution < 1.29 is 14.3 Å². The van der Waals surface area contributed by atoms with Crippen molar-refractivity contribution in [1.29, 1.82) is 0 Å². The van der Waals surface area contributed by atoms with Gasteiger partial charge in [-0.25, -0.2) is 4.79 Å². The number of carbonyl (C=O) groups is 2. The number of carbonyl (C=O) groups excluding carboxylic acids is 2. The molecule has 1 N–H and O–H groups in total. The summed E-state index contributed by atoms with van der Waals surface area (Å²) in [4.78, 5) is 22.6. The van der Waals surface area contributed by atoms with Crippen LogP contribution in [0.3, 0.4) is 0 Å². The predicted molar refractivity (Wildman–Crippen MR) is 58.4 cm³/mol. The number of amides is 1. The molecule has 0 saturated heterocycles. The fraction of sp³-hybridized carbons (Fsp3) is 0.818. The van der Waals surface area contributed by atoms with E-state index in [1.165, 1.54) is 0 Å². The van der Waals surface area contributed by atoms with Crippen molar-refractivity contribution in [3.05, 3.63) is 0 Å². The maximum Gasteiger partial charge on any atom is 0.396 e. The average molecular weight is 215 g/mol. The number of rotatable bonds is 5. The zero-order chi connectivity index (χ0) is 11.9. The van der Waals surface area contributed by atoms with E-state index in [2.05, 4.69) is 10.1 Å². The normalized spacial score (nSPS) is 10.9. The topological polar surface area (TPSA) is 55.4 Å². The molecule has 0 aliphatic carbocycles. The third-order valence-corrected chi connectivity index (χ3v) is 2.87. The Labute approximate surface area is 91.4 Å². The zero-order valence-electron chi connectivity index (χ0n) is 10.1. The van der Waals surface area contributed by atoms with Gasteiger partial charge in [0.05, 0.1) is 6.61 Å². The van der Waals surface area contributed by atoms with Gasteiger partial charge in [-0.2, -0.15) is 0 Å². The van der Waals surface area contributed by atoms with Crippen molar-refractivity contribution in [3.63, 3.8) is 0 Å². The Kier molecular flexibility index (Phi) is 5.97. The van der Waals surface area contributed by atoms with Gasteiger partial charge in [0, 0.05) is 5.54 Å². The van der Waals surface area contributed by atoms with Gasteiger partial charge in [0.15, 0.2) is 0 Å². The summed E-state index contributed by atoms with van der Waals surface area (Å²) in [6.45, 7) is 7.90. The van der Waals surface area contributed by atoms with Crippen LogP contribution in [0.1, 0.15) is 47.0 Å². The first kappa shape index (κ1) is 13.9. The summed E-state index contributed by atoms with van der Waals surface area (Å²) in [7, 11) is 0. The molecule has 0 aromatic rings. The second-order valence-corrected chi connectivity index (χ2v) is 3.52. The Bertz CT molecular complexity index is 214. The van der Waals surface area contributed by atoms with Gasteiger partial charge in [0.25, 0.3) is 0 Å². The van der Waals surface area contributed by atoms with Crippen molar-refractivity contribution in [3.8, 4) is 0 Å². The number of nitrogens with one attached hydrogen (secondary N) is 1. The van der Waals surface area contributed by atoms with E-state index in [1.54, 1.807) is 6.92 Å². The first-order valence-electron chi connectivity index (χ1n) is 5.54. The third kappa shape index (κ3) is 3.90. The molecule has 0 fully saturated rings. The van der Waals surface area contributed by atoms with Crippen LogP contribution in [0.2, 0.25) is 0 Å². The molecule has 0 aromatic carbocycles. The van der Waals surface area contributed by atoms with Crippen molar-refractivity contribution in [1.82, 2.24) is 5.32 Å². The SMILES string of the molecule is CCOC(=O)C(=O)NC(CC)(CC)CC. The molecular weight excluding hydrogens is 194 g/mol. The molecule has 0 rings (SSSR count). The highest BCUT2D eigenvalue weighted by molar-refractivity contribution is 6.32. The number of esters is 1. The van der Waals surface area contributed by atoms with Gasteiger partial charge < -0.3 is 10.1 Å². The second kappa shape index (κ2) is 6.43.